The van der Waals surface area contributed by atoms with Crippen molar-refractivity contribution in [2.45, 2.75) is 9.64 Å². The molecule has 2 aromatic heterocycles. The molecule has 2 aliphatic heterocycles. The van der Waals surface area contributed by atoms with Crippen LogP contribution in [0, 0.1) is 0 Å². The van der Waals surface area contributed by atoms with Crippen molar-refractivity contribution in [3.05, 3.63) is 265 Å². The number of furan rings is 1. The van der Waals surface area contributed by atoms with Gasteiger partial charge < -0.3 is 4.42 Å². The molecule has 0 fully saturated rings. The number of aromatic nitrogens is 3. The molecule has 75 heavy (non-hydrogen) atoms. The summed E-state index contributed by atoms with van der Waals surface area (Å²) < 4.78 is 6.02. The molecule has 11 aromatic carbocycles. The average Bonchev–Trinajstić information content (AvgIpc) is 3.87. The van der Waals surface area contributed by atoms with E-state index in [0.29, 0.717) is 17.5 Å². The van der Waals surface area contributed by atoms with Gasteiger partial charge in [-0.3, -0.25) is 0 Å². The third-order valence-corrected chi connectivity index (χ3v) is 17.4. The molecule has 4 heterocycles. The molecule has 0 spiro atoms. The van der Waals surface area contributed by atoms with E-state index in [1.165, 1.54) is 66.8 Å². The second kappa shape index (κ2) is 16.3. The first-order chi connectivity index (χ1) is 37.2. The molecule has 0 amide bonds. The van der Waals surface area contributed by atoms with E-state index in [4.69, 9.17) is 19.4 Å². The van der Waals surface area contributed by atoms with Crippen molar-refractivity contribution in [2.24, 2.45) is 0 Å². The van der Waals surface area contributed by atoms with Crippen LogP contribution in [-0.4, -0.2) is 15.0 Å². The van der Waals surface area contributed by atoms with Gasteiger partial charge in [-0.1, -0.05) is 231 Å². The maximum absolute atomic E-state index is 6.73. The Labute approximate surface area is 437 Å². The fourth-order valence-electron chi connectivity index (χ4n) is 12.3. The van der Waals surface area contributed by atoms with Crippen LogP contribution in [0.15, 0.2) is 258 Å². The molecule has 1 unspecified atom stereocenters. The lowest BCUT2D eigenvalue weighted by Crippen LogP contribution is -2.29. The largest absolute Gasteiger partial charge is 0.456 e. The Balaban J connectivity index is 0.928. The zero-order valence-corrected chi connectivity index (χ0v) is 41.1. The van der Waals surface area contributed by atoms with Crippen LogP contribution >= 0.6 is 11.8 Å². The van der Waals surface area contributed by atoms with Crippen molar-refractivity contribution in [3.63, 3.8) is 0 Å². The lowest BCUT2D eigenvalue weighted by Gasteiger charge is -2.41. The molecule has 1 atom stereocenters. The molecule has 0 saturated heterocycles. The summed E-state index contributed by atoms with van der Waals surface area (Å²) in [5.41, 5.74) is 24.8. The highest BCUT2D eigenvalue weighted by molar-refractivity contribution is 8.01. The van der Waals surface area contributed by atoms with Gasteiger partial charge in [-0.2, -0.15) is 0 Å². The van der Waals surface area contributed by atoms with Crippen LogP contribution in [0.4, 0.5) is 0 Å². The Hall–Kier alpha value is -9.42. The van der Waals surface area contributed by atoms with E-state index in [1.54, 1.807) is 0 Å². The quantitative estimate of drug-likeness (QED) is 0.176. The molecule has 4 nitrogen and oxygen atoms in total. The normalized spacial score (nSPS) is 14.4. The Morgan fingerprint density at radius 1 is 0.307 bits per heavy atom. The highest BCUT2D eigenvalue weighted by atomic mass is 32.2. The maximum atomic E-state index is 6.73. The summed E-state index contributed by atoms with van der Waals surface area (Å²) in [6.07, 6.45) is 0. The van der Waals surface area contributed by atoms with E-state index >= 15 is 0 Å². The van der Waals surface area contributed by atoms with Gasteiger partial charge in [-0.25, -0.2) is 15.0 Å². The fourth-order valence-corrected chi connectivity index (χ4v) is 14.0. The molecule has 16 rings (SSSR count). The van der Waals surface area contributed by atoms with E-state index < -0.39 is 4.75 Å². The van der Waals surface area contributed by atoms with Gasteiger partial charge in [0.05, 0.1) is 4.75 Å². The SMILES string of the molecule is c1ccc(-c2ccc(-c3nc4nc(n3)-c3cccc5oc6ccc(cc6c35)C3(c5ccc(-c6cccc7c6-c6ccccc6-c6ccccc6-c6ccccc6-7)cc5)Sc5c-4cccc5-c4ccccc43)cc2)cc1. The lowest BCUT2D eigenvalue weighted by atomic mass is 9.77. The smallest absolute Gasteiger partial charge is 0.165 e. The van der Waals surface area contributed by atoms with Crippen LogP contribution in [0.1, 0.15) is 16.7 Å². The van der Waals surface area contributed by atoms with Crippen molar-refractivity contribution in [1.82, 2.24) is 15.0 Å². The second-order valence-electron chi connectivity index (χ2n) is 19.7. The van der Waals surface area contributed by atoms with Gasteiger partial charge in [-0.05, 0) is 113 Å². The van der Waals surface area contributed by atoms with E-state index in [0.717, 1.165) is 71.3 Å². The second-order valence-corrected chi connectivity index (χ2v) is 20.9. The Morgan fingerprint density at radius 3 is 1.53 bits per heavy atom. The van der Waals surface area contributed by atoms with Gasteiger partial charge in [-0.15, -0.1) is 11.8 Å². The van der Waals surface area contributed by atoms with E-state index in [9.17, 15) is 0 Å². The van der Waals surface area contributed by atoms with Crippen LogP contribution in [0.2, 0.25) is 0 Å². The van der Waals surface area contributed by atoms with Crippen molar-refractivity contribution in [2.75, 3.05) is 0 Å². The van der Waals surface area contributed by atoms with Gasteiger partial charge in [0.15, 0.2) is 17.5 Å². The predicted molar refractivity (Wildman–Crippen MR) is 307 cm³/mol. The Kier molecular flexibility index (Phi) is 9.15. The molecule has 13 aromatic rings. The summed E-state index contributed by atoms with van der Waals surface area (Å²) in [5.74, 6) is 1.84. The molecule has 0 N–H and O–H groups in total. The van der Waals surface area contributed by atoms with Crippen LogP contribution in [0.25, 0.3) is 134 Å². The van der Waals surface area contributed by atoms with Crippen LogP contribution < -0.4 is 0 Å². The number of hydrogen-bond donors (Lipinski definition) is 0. The minimum atomic E-state index is -0.711. The average molecular weight is 972 g/mol. The first kappa shape index (κ1) is 42.1. The van der Waals surface area contributed by atoms with Crippen LogP contribution in [0.3, 0.4) is 0 Å². The van der Waals surface area contributed by atoms with E-state index in [-0.39, 0.29) is 0 Å². The number of fused-ring (bicyclic) bond motifs is 18. The third-order valence-electron chi connectivity index (χ3n) is 15.7. The minimum absolute atomic E-state index is 0.604. The van der Waals surface area contributed by atoms with Crippen molar-refractivity contribution in [3.8, 4) is 112 Å². The lowest BCUT2D eigenvalue weighted by molar-refractivity contribution is 0.668. The van der Waals surface area contributed by atoms with Crippen molar-refractivity contribution >= 4 is 33.7 Å². The highest BCUT2D eigenvalue weighted by Crippen LogP contribution is 2.62. The first-order valence-corrected chi connectivity index (χ1v) is 26.3. The number of benzene rings is 11. The molecule has 5 heteroatoms. The maximum Gasteiger partial charge on any atom is 0.165 e. The topological polar surface area (TPSA) is 51.8 Å². The van der Waals surface area contributed by atoms with Crippen LogP contribution in [0.5, 0.6) is 0 Å². The third kappa shape index (κ3) is 6.29. The minimum Gasteiger partial charge on any atom is -0.456 e. The Morgan fingerprint density at radius 2 is 0.800 bits per heavy atom. The molecule has 0 radical (unpaired) electrons. The molecule has 6 bridgehead atoms. The summed E-state index contributed by atoms with van der Waals surface area (Å²) in [7, 11) is 0. The van der Waals surface area contributed by atoms with E-state index in [1.807, 2.05) is 23.9 Å². The van der Waals surface area contributed by atoms with Crippen molar-refractivity contribution in [1.29, 1.82) is 0 Å². The van der Waals surface area contributed by atoms with Gasteiger partial charge in [0, 0.05) is 32.4 Å². The predicted octanol–water partition coefficient (Wildman–Crippen LogP) is 18.5. The van der Waals surface area contributed by atoms with Crippen molar-refractivity contribution < 1.29 is 4.42 Å². The van der Waals surface area contributed by atoms with Crippen LogP contribution in [-0.2, 0) is 4.75 Å². The molecule has 1 aliphatic carbocycles. The van der Waals surface area contributed by atoms with E-state index in [2.05, 4.69) is 237 Å². The first-order valence-electron chi connectivity index (χ1n) is 25.5. The van der Waals surface area contributed by atoms with Gasteiger partial charge >= 0.3 is 0 Å². The Bertz CT molecular complexity index is 4500. The zero-order chi connectivity index (χ0) is 49.2. The molecular weight excluding hydrogens is 931 g/mol. The monoisotopic (exact) mass is 971 g/mol. The molecule has 0 saturated carbocycles. The highest BCUT2D eigenvalue weighted by Gasteiger charge is 2.45. The van der Waals surface area contributed by atoms with Gasteiger partial charge in [0.1, 0.15) is 11.2 Å². The fraction of sp³-hybridized carbons (Fsp3) is 0.0143. The summed E-state index contributed by atoms with van der Waals surface area (Å²) >= 11 is 1.88. The summed E-state index contributed by atoms with van der Waals surface area (Å²) in [6.45, 7) is 0. The number of rotatable bonds is 4. The number of nitrogens with zero attached hydrogens (tertiary/aromatic N) is 3. The summed E-state index contributed by atoms with van der Waals surface area (Å²) in [6, 6.07) is 90.5. The summed E-state index contributed by atoms with van der Waals surface area (Å²) in [4.78, 5) is 17.2. The number of hydrogen-bond acceptors (Lipinski definition) is 5. The molecule has 3 aliphatic rings. The molecular formula is C70H41N3OS. The zero-order valence-electron chi connectivity index (χ0n) is 40.3. The molecule has 348 valence electrons. The number of thioether (sulfide) groups is 1. The summed E-state index contributed by atoms with van der Waals surface area (Å²) in [5, 5.41) is 2.00. The van der Waals surface area contributed by atoms with Gasteiger partial charge in [0.25, 0.3) is 0 Å². The van der Waals surface area contributed by atoms with Gasteiger partial charge in [0.2, 0.25) is 0 Å². The standard InChI is InChI=1S/C70H41N3OS/c1-2-15-42(16-3-1)43-31-33-45(34-32-43)67-71-68-58-27-14-30-63-65(58)60-41-47(39-40-62(60)74-63)70(61-29-11-10-22-54(61)57-26-13-28-59(66(57)75-70)69(72-67)73-68)46-37-35-44(36-38-46)48-24-12-25-56-53-20-7-6-19-51(53)49-17-4-5-18-50(49)52-21-8-9-23-55(52)64(48)56/h1-41H.